The number of hydrogen-bond acceptors (Lipinski definition) is 4. The van der Waals surface area contributed by atoms with E-state index in [9.17, 15) is 14.7 Å². The third-order valence-corrected chi connectivity index (χ3v) is 4.26. The molecular formula is C15H20O4S. The van der Waals surface area contributed by atoms with Gasteiger partial charge in [0, 0.05) is 10.5 Å². The molecule has 0 fully saturated rings. The van der Waals surface area contributed by atoms with Gasteiger partial charge in [0.05, 0.1) is 0 Å². The van der Waals surface area contributed by atoms with Gasteiger partial charge < -0.3 is 9.84 Å². The van der Waals surface area contributed by atoms with E-state index in [1.165, 1.54) is 18.7 Å². The molecule has 110 valence electrons. The molecule has 0 aliphatic heterocycles. The topological polar surface area (TPSA) is 63.6 Å². The van der Waals surface area contributed by atoms with Gasteiger partial charge in [0.2, 0.25) is 0 Å². The number of esters is 1. The molecule has 20 heavy (non-hydrogen) atoms. The predicted octanol–water partition coefficient (Wildman–Crippen LogP) is 3.21. The quantitative estimate of drug-likeness (QED) is 0.513. The van der Waals surface area contributed by atoms with Crippen LogP contribution in [0.15, 0.2) is 30.3 Å². The Morgan fingerprint density at radius 1 is 1.15 bits per heavy atom. The number of carboxylic acid groups (broad SMARTS) is 1. The molecule has 0 aromatic heterocycles. The van der Waals surface area contributed by atoms with Crippen LogP contribution in [0.5, 0.6) is 5.75 Å². The highest BCUT2D eigenvalue weighted by molar-refractivity contribution is 8.00. The van der Waals surface area contributed by atoms with E-state index in [4.69, 9.17) is 4.74 Å². The van der Waals surface area contributed by atoms with Gasteiger partial charge in [-0.05, 0) is 19.1 Å². The van der Waals surface area contributed by atoms with E-state index in [0.717, 1.165) is 0 Å². The van der Waals surface area contributed by atoms with Gasteiger partial charge in [-0.2, -0.15) is 11.8 Å². The lowest BCUT2D eigenvalue weighted by Gasteiger charge is -2.26. The number of rotatable bonds is 5. The molecule has 0 aliphatic carbocycles. The van der Waals surface area contributed by atoms with E-state index in [1.807, 2.05) is 20.8 Å². The van der Waals surface area contributed by atoms with Crippen LogP contribution in [0, 0.1) is 5.41 Å². The summed E-state index contributed by atoms with van der Waals surface area (Å²) in [4.78, 5) is 23.6. The summed E-state index contributed by atoms with van der Waals surface area (Å²) in [7, 11) is 0. The van der Waals surface area contributed by atoms with Crippen molar-refractivity contribution in [3.05, 3.63) is 30.3 Å². The lowest BCUT2D eigenvalue weighted by Crippen LogP contribution is -2.42. The summed E-state index contributed by atoms with van der Waals surface area (Å²) >= 11 is 1.43. The first kappa shape index (κ1) is 16.6. The average Bonchev–Trinajstić information content (AvgIpc) is 2.36. The average molecular weight is 296 g/mol. The summed E-state index contributed by atoms with van der Waals surface area (Å²) in [5.41, 5.74) is -1.56. The maximum Gasteiger partial charge on any atom is 0.329 e. The fourth-order valence-corrected chi connectivity index (χ4v) is 2.24. The lowest BCUT2D eigenvalue weighted by atomic mass is 9.94. The number of benzene rings is 1. The Bertz CT molecular complexity index is 478. The molecule has 1 N–H and O–H groups in total. The normalized spacial score (nSPS) is 14.4. The summed E-state index contributed by atoms with van der Waals surface area (Å²) in [5, 5.41) is 9.36. The minimum Gasteiger partial charge on any atom is -0.480 e. The molecule has 1 unspecified atom stereocenters. The molecule has 1 atom stereocenters. The number of carbonyl (C=O) groups is 2. The van der Waals surface area contributed by atoms with Crippen LogP contribution in [0.25, 0.3) is 0 Å². The van der Waals surface area contributed by atoms with E-state index in [0.29, 0.717) is 5.75 Å². The minimum absolute atomic E-state index is 0.121. The molecule has 4 nitrogen and oxygen atoms in total. The van der Waals surface area contributed by atoms with Crippen LogP contribution in [0.3, 0.4) is 0 Å². The van der Waals surface area contributed by atoms with E-state index < -0.39 is 17.4 Å². The highest BCUT2D eigenvalue weighted by Crippen LogP contribution is 2.32. The Morgan fingerprint density at radius 3 is 2.15 bits per heavy atom. The van der Waals surface area contributed by atoms with Crippen molar-refractivity contribution in [3.8, 4) is 5.75 Å². The van der Waals surface area contributed by atoms with Crippen molar-refractivity contribution in [3.63, 3.8) is 0 Å². The Labute approximate surface area is 123 Å². The number of thioether (sulfide) groups is 1. The molecule has 1 aromatic rings. The van der Waals surface area contributed by atoms with Crippen molar-refractivity contribution < 1.29 is 19.4 Å². The van der Waals surface area contributed by atoms with Gasteiger partial charge in [0.15, 0.2) is 5.41 Å². The Hall–Kier alpha value is -1.49. The predicted molar refractivity (Wildman–Crippen MR) is 80.0 cm³/mol. The van der Waals surface area contributed by atoms with Crippen molar-refractivity contribution in [1.82, 2.24) is 0 Å². The largest absolute Gasteiger partial charge is 0.480 e. The van der Waals surface area contributed by atoms with Gasteiger partial charge in [0.25, 0.3) is 0 Å². The molecule has 1 aromatic carbocycles. The highest BCUT2D eigenvalue weighted by atomic mass is 32.2. The van der Waals surface area contributed by atoms with Gasteiger partial charge in [-0.15, -0.1) is 0 Å². The van der Waals surface area contributed by atoms with E-state index in [1.54, 1.807) is 30.3 Å². The van der Waals surface area contributed by atoms with Crippen molar-refractivity contribution in [2.75, 3.05) is 5.75 Å². The molecule has 0 spiro atoms. The second-order valence-corrected chi connectivity index (χ2v) is 7.54. The fraction of sp³-hybridized carbons (Fsp3) is 0.467. The second-order valence-electron chi connectivity index (χ2n) is 5.74. The molecule has 5 heteroatoms. The van der Waals surface area contributed by atoms with Crippen molar-refractivity contribution >= 4 is 23.7 Å². The third-order valence-electron chi connectivity index (χ3n) is 2.67. The molecule has 0 radical (unpaired) electrons. The van der Waals surface area contributed by atoms with Crippen molar-refractivity contribution in [1.29, 1.82) is 0 Å². The molecule has 0 heterocycles. The van der Waals surface area contributed by atoms with Crippen LogP contribution in [0.2, 0.25) is 0 Å². The van der Waals surface area contributed by atoms with Crippen molar-refractivity contribution in [2.45, 2.75) is 32.4 Å². The Morgan fingerprint density at radius 2 is 1.70 bits per heavy atom. The maximum atomic E-state index is 12.2. The second kappa shape index (κ2) is 6.31. The molecule has 1 rings (SSSR count). The summed E-state index contributed by atoms with van der Waals surface area (Å²) in [6.07, 6.45) is 0. The van der Waals surface area contributed by atoms with Crippen LogP contribution in [0.4, 0.5) is 0 Å². The number of carboxylic acids is 1. The molecule has 0 saturated heterocycles. The molecule has 0 bridgehead atoms. The summed E-state index contributed by atoms with van der Waals surface area (Å²) in [6, 6.07) is 8.49. The molecular weight excluding hydrogens is 276 g/mol. The fourth-order valence-electron chi connectivity index (χ4n) is 1.28. The maximum absolute atomic E-state index is 12.2. The van der Waals surface area contributed by atoms with Crippen LogP contribution >= 0.6 is 11.8 Å². The van der Waals surface area contributed by atoms with E-state index >= 15 is 0 Å². The standard InChI is InChI=1S/C15H20O4S/c1-14(2,3)20-10-15(4,12(16)17)13(18)19-11-8-6-5-7-9-11/h5-9H,10H2,1-4H3,(H,16,17). The number of ether oxygens (including phenoxy) is 1. The van der Waals surface area contributed by atoms with Gasteiger partial charge in [0.1, 0.15) is 5.75 Å². The summed E-state index contributed by atoms with van der Waals surface area (Å²) < 4.78 is 5.05. The third kappa shape index (κ3) is 4.56. The smallest absolute Gasteiger partial charge is 0.329 e. The summed E-state index contributed by atoms with van der Waals surface area (Å²) in [6.45, 7) is 7.33. The first-order valence-corrected chi connectivity index (χ1v) is 7.28. The Balaban J connectivity index is 2.84. The number of aliphatic carboxylic acids is 1. The van der Waals surface area contributed by atoms with Gasteiger partial charge in [-0.25, -0.2) is 0 Å². The Kier molecular flexibility index (Phi) is 5.22. The molecule has 0 aliphatic rings. The van der Waals surface area contributed by atoms with Crippen LogP contribution in [0.1, 0.15) is 27.7 Å². The van der Waals surface area contributed by atoms with E-state index in [-0.39, 0.29) is 10.5 Å². The van der Waals surface area contributed by atoms with Crippen LogP contribution in [-0.2, 0) is 9.59 Å². The van der Waals surface area contributed by atoms with Gasteiger partial charge in [-0.3, -0.25) is 9.59 Å². The minimum atomic E-state index is -1.56. The zero-order valence-electron chi connectivity index (χ0n) is 12.2. The SMILES string of the molecule is CC(C)(C)SCC(C)(C(=O)O)C(=O)Oc1ccccc1. The number of para-hydroxylation sites is 1. The molecule has 0 amide bonds. The zero-order valence-corrected chi connectivity index (χ0v) is 13.0. The van der Waals surface area contributed by atoms with Gasteiger partial charge >= 0.3 is 11.9 Å². The zero-order chi connectivity index (χ0) is 15.4. The van der Waals surface area contributed by atoms with E-state index in [2.05, 4.69) is 0 Å². The first-order chi connectivity index (χ1) is 9.15. The summed E-state index contributed by atoms with van der Waals surface area (Å²) in [5.74, 6) is -1.40. The molecule has 0 saturated carbocycles. The first-order valence-electron chi connectivity index (χ1n) is 6.30. The van der Waals surface area contributed by atoms with Crippen LogP contribution < -0.4 is 4.74 Å². The van der Waals surface area contributed by atoms with Crippen molar-refractivity contribution in [2.24, 2.45) is 5.41 Å². The lowest BCUT2D eigenvalue weighted by molar-refractivity contribution is -0.159. The number of carbonyl (C=O) groups excluding carboxylic acids is 1. The monoisotopic (exact) mass is 296 g/mol. The van der Waals surface area contributed by atoms with Crippen LogP contribution in [-0.4, -0.2) is 27.5 Å². The highest BCUT2D eigenvalue weighted by Gasteiger charge is 2.44. The van der Waals surface area contributed by atoms with Gasteiger partial charge in [-0.1, -0.05) is 39.0 Å². The number of hydrogen-bond donors (Lipinski definition) is 1.